The van der Waals surface area contributed by atoms with Crippen molar-refractivity contribution in [2.45, 2.75) is 18.4 Å². The van der Waals surface area contributed by atoms with E-state index in [1.807, 2.05) is 0 Å². The molecule has 82 valence electrons. The Hall–Kier alpha value is -0.0600. The second kappa shape index (κ2) is 4.44. The van der Waals surface area contributed by atoms with Crippen molar-refractivity contribution in [1.29, 1.82) is 0 Å². The summed E-state index contributed by atoms with van der Waals surface area (Å²) in [6.45, 7) is 0. The number of hydrogen-bond acceptors (Lipinski definition) is 2. The Morgan fingerprint density at radius 2 is 2.33 bits per heavy atom. The molecule has 1 saturated heterocycles. The van der Waals surface area contributed by atoms with Crippen LogP contribution in [-0.2, 0) is 6.42 Å². The molecule has 0 aromatic heterocycles. The summed E-state index contributed by atoms with van der Waals surface area (Å²) < 4.78 is 14.3. The number of halogens is 2. The first-order valence-corrected chi connectivity index (χ1v) is 6.78. The van der Waals surface area contributed by atoms with Crippen LogP contribution in [0.2, 0.25) is 0 Å². The number of rotatable bonds is 2. The Kier molecular flexibility index (Phi) is 3.38. The normalized spacial score (nSPS) is 25.8. The highest BCUT2D eigenvalue weighted by Gasteiger charge is 2.32. The molecule has 4 heteroatoms. The van der Waals surface area contributed by atoms with Crippen molar-refractivity contribution in [3.63, 3.8) is 0 Å². The summed E-state index contributed by atoms with van der Waals surface area (Å²) in [6.07, 6.45) is 1.16. The van der Waals surface area contributed by atoms with E-state index in [-0.39, 0.29) is 5.82 Å². The fraction of sp³-hybridized carbons (Fsp3) is 0.455. The van der Waals surface area contributed by atoms with Gasteiger partial charge in [0.25, 0.3) is 0 Å². The lowest BCUT2D eigenvalue weighted by Gasteiger charge is -2.21. The second-order valence-electron chi connectivity index (χ2n) is 3.94. The van der Waals surface area contributed by atoms with Gasteiger partial charge in [-0.3, -0.25) is 0 Å². The highest BCUT2D eigenvalue weighted by molar-refractivity contribution is 9.10. The molecule has 1 N–H and O–H groups in total. The lowest BCUT2D eigenvalue weighted by atomic mass is 9.94. The maximum atomic E-state index is 13.5. The van der Waals surface area contributed by atoms with Crippen LogP contribution < -0.4 is 0 Å². The summed E-state index contributed by atoms with van der Waals surface area (Å²) >= 11 is 5.04. The van der Waals surface area contributed by atoms with Gasteiger partial charge in [0.2, 0.25) is 0 Å². The van der Waals surface area contributed by atoms with E-state index in [0.717, 1.165) is 16.6 Å². The van der Waals surface area contributed by atoms with Gasteiger partial charge < -0.3 is 5.11 Å². The third-order valence-corrected chi connectivity index (χ3v) is 4.34. The minimum Gasteiger partial charge on any atom is -0.389 e. The van der Waals surface area contributed by atoms with Crippen molar-refractivity contribution < 1.29 is 9.50 Å². The van der Waals surface area contributed by atoms with E-state index in [4.69, 9.17) is 0 Å². The minimum absolute atomic E-state index is 0.233. The average Bonchev–Trinajstić information content (AvgIpc) is 2.59. The predicted molar refractivity (Wildman–Crippen MR) is 64.7 cm³/mol. The lowest BCUT2D eigenvalue weighted by molar-refractivity contribution is 0.0677. The Labute approximate surface area is 101 Å². The fourth-order valence-corrected chi connectivity index (χ4v) is 3.47. The fourth-order valence-electron chi connectivity index (χ4n) is 1.77. The largest absolute Gasteiger partial charge is 0.389 e. The first-order chi connectivity index (χ1) is 7.09. The third-order valence-electron chi connectivity index (χ3n) is 2.61. The molecule has 1 fully saturated rings. The maximum Gasteiger partial charge on any atom is 0.126 e. The molecular formula is C11H12BrFOS. The standard InChI is InChI=1S/C11H12BrFOS/c12-9-1-2-10(13)8(5-9)6-11(14)3-4-15-7-11/h1-2,5,14H,3-4,6-7H2. The molecule has 1 aromatic rings. The van der Waals surface area contributed by atoms with E-state index < -0.39 is 5.60 Å². The van der Waals surface area contributed by atoms with E-state index in [9.17, 15) is 9.50 Å². The topological polar surface area (TPSA) is 20.2 Å². The molecule has 0 spiro atoms. The number of aliphatic hydroxyl groups is 1. The van der Waals surface area contributed by atoms with Crippen LogP contribution in [0.3, 0.4) is 0 Å². The molecular weight excluding hydrogens is 279 g/mol. The van der Waals surface area contributed by atoms with Crippen LogP contribution in [0.25, 0.3) is 0 Å². The quantitative estimate of drug-likeness (QED) is 0.904. The lowest BCUT2D eigenvalue weighted by Crippen LogP contribution is -2.31. The predicted octanol–water partition coefficient (Wildman–Crippen LogP) is 3.00. The zero-order valence-electron chi connectivity index (χ0n) is 8.17. The van der Waals surface area contributed by atoms with Crippen molar-refractivity contribution in [2.24, 2.45) is 0 Å². The molecule has 2 rings (SSSR count). The third kappa shape index (κ3) is 2.74. The monoisotopic (exact) mass is 290 g/mol. The molecule has 1 aromatic carbocycles. The maximum absolute atomic E-state index is 13.5. The SMILES string of the molecule is OC1(Cc2cc(Br)ccc2F)CCSC1. The number of thioether (sulfide) groups is 1. The molecule has 1 atom stereocenters. The molecule has 1 unspecified atom stereocenters. The van der Waals surface area contributed by atoms with E-state index in [2.05, 4.69) is 15.9 Å². The first kappa shape index (κ1) is 11.4. The molecule has 1 aliphatic heterocycles. The highest BCUT2D eigenvalue weighted by atomic mass is 79.9. The van der Waals surface area contributed by atoms with Crippen molar-refractivity contribution in [2.75, 3.05) is 11.5 Å². The molecule has 1 heterocycles. The molecule has 0 amide bonds. The van der Waals surface area contributed by atoms with Crippen molar-refractivity contribution >= 4 is 27.7 Å². The van der Waals surface area contributed by atoms with Gasteiger partial charge in [-0.25, -0.2) is 4.39 Å². The van der Waals surface area contributed by atoms with Crippen LogP contribution in [-0.4, -0.2) is 22.2 Å². The van der Waals surface area contributed by atoms with Crippen LogP contribution in [0.5, 0.6) is 0 Å². The Morgan fingerprint density at radius 3 is 3.00 bits per heavy atom. The van der Waals surface area contributed by atoms with E-state index in [0.29, 0.717) is 17.7 Å². The minimum atomic E-state index is -0.716. The van der Waals surface area contributed by atoms with Crippen molar-refractivity contribution in [3.05, 3.63) is 34.1 Å². The van der Waals surface area contributed by atoms with Crippen molar-refractivity contribution in [3.8, 4) is 0 Å². The van der Waals surface area contributed by atoms with Crippen LogP contribution >= 0.6 is 27.7 Å². The number of hydrogen-bond donors (Lipinski definition) is 1. The molecule has 0 radical (unpaired) electrons. The molecule has 0 saturated carbocycles. The smallest absolute Gasteiger partial charge is 0.126 e. The van der Waals surface area contributed by atoms with Crippen LogP contribution in [0.4, 0.5) is 4.39 Å². The van der Waals surface area contributed by atoms with Crippen LogP contribution in [0.1, 0.15) is 12.0 Å². The van der Waals surface area contributed by atoms with E-state index in [1.54, 1.807) is 23.9 Å². The zero-order chi connectivity index (χ0) is 10.9. The van der Waals surface area contributed by atoms with E-state index >= 15 is 0 Å². The average molecular weight is 291 g/mol. The summed E-state index contributed by atoms with van der Waals surface area (Å²) in [5, 5.41) is 10.2. The zero-order valence-corrected chi connectivity index (χ0v) is 10.6. The molecule has 0 aliphatic carbocycles. The van der Waals surface area contributed by atoms with Crippen LogP contribution in [0.15, 0.2) is 22.7 Å². The van der Waals surface area contributed by atoms with Gasteiger partial charge in [-0.2, -0.15) is 11.8 Å². The number of benzene rings is 1. The van der Waals surface area contributed by atoms with Gasteiger partial charge in [-0.15, -0.1) is 0 Å². The Balaban J connectivity index is 2.19. The van der Waals surface area contributed by atoms with Crippen LogP contribution in [0, 0.1) is 5.82 Å². The summed E-state index contributed by atoms with van der Waals surface area (Å²) in [5.74, 6) is 1.44. The summed E-state index contributed by atoms with van der Waals surface area (Å²) in [7, 11) is 0. The van der Waals surface area contributed by atoms with Gasteiger partial charge >= 0.3 is 0 Å². The van der Waals surface area contributed by atoms with Gasteiger partial charge in [0, 0.05) is 16.6 Å². The Bertz CT molecular complexity index is 364. The summed E-state index contributed by atoms with van der Waals surface area (Å²) in [6, 6.07) is 4.85. The molecule has 0 bridgehead atoms. The van der Waals surface area contributed by atoms with E-state index in [1.165, 1.54) is 6.07 Å². The first-order valence-electron chi connectivity index (χ1n) is 4.83. The summed E-state index contributed by atoms with van der Waals surface area (Å²) in [5.41, 5.74) is -0.124. The molecule has 15 heavy (non-hydrogen) atoms. The van der Waals surface area contributed by atoms with Gasteiger partial charge in [-0.05, 0) is 35.9 Å². The highest BCUT2D eigenvalue weighted by Crippen LogP contribution is 2.32. The molecule has 1 nitrogen and oxygen atoms in total. The Morgan fingerprint density at radius 1 is 1.53 bits per heavy atom. The van der Waals surface area contributed by atoms with Gasteiger partial charge in [0.15, 0.2) is 0 Å². The molecule has 1 aliphatic rings. The second-order valence-corrected chi connectivity index (χ2v) is 5.96. The summed E-state index contributed by atoms with van der Waals surface area (Å²) in [4.78, 5) is 0. The van der Waals surface area contributed by atoms with Gasteiger partial charge in [-0.1, -0.05) is 15.9 Å². The van der Waals surface area contributed by atoms with Gasteiger partial charge in [0.1, 0.15) is 5.82 Å². The van der Waals surface area contributed by atoms with Gasteiger partial charge in [0.05, 0.1) is 5.60 Å². The van der Waals surface area contributed by atoms with Crippen molar-refractivity contribution in [1.82, 2.24) is 0 Å².